The molecule has 1 heterocycles. The zero-order valence-electron chi connectivity index (χ0n) is 13.3. The summed E-state index contributed by atoms with van der Waals surface area (Å²) in [6.45, 7) is 0. The maximum atomic E-state index is 12.5. The third-order valence-electron chi connectivity index (χ3n) is 4.79. The summed E-state index contributed by atoms with van der Waals surface area (Å²) in [5.41, 5.74) is 2.76. The van der Waals surface area contributed by atoms with E-state index in [0.29, 0.717) is 17.0 Å². The van der Waals surface area contributed by atoms with Gasteiger partial charge < -0.3 is 9.42 Å². The molecule has 0 radical (unpaired) electrons. The van der Waals surface area contributed by atoms with E-state index in [4.69, 9.17) is 4.52 Å². The van der Waals surface area contributed by atoms with Crippen LogP contribution < -0.4 is 44.3 Å². The van der Waals surface area contributed by atoms with Gasteiger partial charge >= 0.3 is 29.6 Å². The molecule has 1 atom stereocenters. The zero-order chi connectivity index (χ0) is 15.2. The normalized spacial score (nSPS) is 23.2. The van der Waals surface area contributed by atoms with Crippen LogP contribution in [0.25, 0.3) is 11.1 Å². The molecule has 1 saturated carbocycles. The van der Waals surface area contributed by atoms with Gasteiger partial charge in [-0.1, -0.05) is 49.6 Å². The summed E-state index contributed by atoms with van der Waals surface area (Å²) in [5, 5.41) is 0.342. The topological polar surface area (TPSA) is 49.4 Å². The summed E-state index contributed by atoms with van der Waals surface area (Å²) in [6, 6.07) is 13.2. The number of benzene rings is 2. The van der Waals surface area contributed by atoms with E-state index >= 15 is 0 Å². The van der Waals surface area contributed by atoms with Crippen molar-refractivity contribution in [3.63, 3.8) is 0 Å². The summed E-state index contributed by atoms with van der Waals surface area (Å²) < 4.78 is 17.8. The first-order valence-electron chi connectivity index (χ1n) is 7.90. The predicted molar refractivity (Wildman–Crippen MR) is 85.6 cm³/mol. The van der Waals surface area contributed by atoms with Crippen LogP contribution in [-0.2, 0) is 4.57 Å². The third-order valence-corrected chi connectivity index (χ3v) is 6.19. The molecule has 0 saturated heterocycles. The molecule has 2 aromatic carbocycles. The standard InChI is InChI=1S/C18H19O3P.Na/c19-22(20)18-12-14(13-6-2-1-3-7-13)10-11-16(18)15-8-4-5-9-17(15)21-22;/h4-5,8-13H,1-3,6-7H2,(H,19,20);/q;+1/p-1. The van der Waals surface area contributed by atoms with Gasteiger partial charge in [-0.05, 0) is 42.0 Å². The molecule has 0 N–H and O–H groups in total. The molecule has 0 bridgehead atoms. The van der Waals surface area contributed by atoms with Gasteiger partial charge in [-0.3, -0.25) is 4.57 Å². The van der Waals surface area contributed by atoms with Crippen LogP contribution in [0.1, 0.15) is 43.6 Å². The molecule has 1 unspecified atom stereocenters. The van der Waals surface area contributed by atoms with Gasteiger partial charge in [0.15, 0.2) is 0 Å². The molecule has 0 spiro atoms. The Labute approximate surface area is 158 Å². The van der Waals surface area contributed by atoms with E-state index in [1.54, 1.807) is 12.1 Å². The summed E-state index contributed by atoms with van der Waals surface area (Å²) in [6.07, 6.45) is 6.06. The van der Waals surface area contributed by atoms with Crippen LogP contribution in [0.3, 0.4) is 0 Å². The largest absolute Gasteiger partial charge is 1.00 e. The summed E-state index contributed by atoms with van der Waals surface area (Å²) in [7, 11) is -4.04. The van der Waals surface area contributed by atoms with Crippen molar-refractivity contribution in [3.8, 4) is 16.9 Å². The van der Waals surface area contributed by atoms with E-state index in [1.165, 1.54) is 19.3 Å². The van der Waals surface area contributed by atoms with Crippen molar-refractivity contribution < 1.29 is 43.5 Å². The maximum Gasteiger partial charge on any atom is 1.00 e. The van der Waals surface area contributed by atoms with Crippen LogP contribution in [0.5, 0.6) is 5.75 Å². The van der Waals surface area contributed by atoms with E-state index in [1.807, 2.05) is 24.3 Å². The molecule has 114 valence electrons. The Morgan fingerprint density at radius 1 is 1.00 bits per heavy atom. The predicted octanol–water partition coefficient (Wildman–Crippen LogP) is 0.976. The smallest absolute Gasteiger partial charge is 0.765 e. The second kappa shape index (κ2) is 6.74. The van der Waals surface area contributed by atoms with Gasteiger partial charge in [0.1, 0.15) is 5.75 Å². The minimum atomic E-state index is -4.04. The van der Waals surface area contributed by atoms with Gasteiger partial charge in [-0.25, -0.2) is 0 Å². The molecule has 2 aromatic rings. The van der Waals surface area contributed by atoms with Crippen LogP contribution >= 0.6 is 7.60 Å². The van der Waals surface area contributed by atoms with Gasteiger partial charge in [0, 0.05) is 10.9 Å². The average Bonchev–Trinajstić information content (AvgIpc) is 2.55. The molecular formula is C18H18NaO3P. The van der Waals surface area contributed by atoms with E-state index in [2.05, 4.69) is 6.07 Å². The molecule has 1 aliphatic carbocycles. The zero-order valence-corrected chi connectivity index (χ0v) is 16.2. The number of hydrogen-bond acceptors (Lipinski definition) is 3. The Bertz CT molecular complexity index is 769. The second-order valence-corrected chi connectivity index (χ2v) is 7.86. The minimum absolute atomic E-state index is 0. The van der Waals surface area contributed by atoms with Crippen molar-refractivity contribution in [2.45, 2.75) is 38.0 Å². The first kappa shape index (κ1) is 17.3. The number of para-hydroxylation sites is 1. The van der Waals surface area contributed by atoms with Crippen LogP contribution in [0.2, 0.25) is 0 Å². The van der Waals surface area contributed by atoms with Gasteiger partial charge in [-0.2, -0.15) is 0 Å². The Hall–Kier alpha value is -0.570. The summed E-state index contributed by atoms with van der Waals surface area (Å²) in [4.78, 5) is 12.5. The second-order valence-electron chi connectivity index (χ2n) is 6.20. The van der Waals surface area contributed by atoms with E-state index < -0.39 is 7.60 Å². The fourth-order valence-electron chi connectivity index (χ4n) is 3.64. The number of rotatable bonds is 1. The summed E-state index contributed by atoms with van der Waals surface area (Å²) in [5.74, 6) is 0.912. The first-order chi connectivity index (χ1) is 10.6. The van der Waals surface area contributed by atoms with Crippen LogP contribution in [-0.4, -0.2) is 0 Å². The molecule has 4 rings (SSSR count). The van der Waals surface area contributed by atoms with Gasteiger partial charge in [-0.15, -0.1) is 0 Å². The molecule has 3 nitrogen and oxygen atoms in total. The van der Waals surface area contributed by atoms with Gasteiger partial charge in [0.05, 0.1) is 0 Å². The first-order valence-corrected chi connectivity index (χ1v) is 9.44. The quantitative estimate of drug-likeness (QED) is 0.576. The van der Waals surface area contributed by atoms with E-state index in [-0.39, 0.29) is 29.6 Å². The average molecular weight is 336 g/mol. The fourth-order valence-corrected chi connectivity index (χ4v) is 4.95. The van der Waals surface area contributed by atoms with Crippen molar-refractivity contribution in [2.75, 3.05) is 0 Å². The van der Waals surface area contributed by atoms with Crippen molar-refractivity contribution in [1.82, 2.24) is 0 Å². The Morgan fingerprint density at radius 2 is 1.74 bits per heavy atom. The maximum absolute atomic E-state index is 12.5. The van der Waals surface area contributed by atoms with Gasteiger partial charge in [0.25, 0.3) is 0 Å². The van der Waals surface area contributed by atoms with E-state index in [0.717, 1.165) is 29.5 Å². The van der Waals surface area contributed by atoms with Crippen LogP contribution in [0, 0.1) is 0 Å². The van der Waals surface area contributed by atoms with Gasteiger partial charge in [0.2, 0.25) is 7.60 Å². The molecular weight excluding hydrogens is 318 g/mol. The molecule has 23 heavy (non-hydrogen) atoms. The number of hydrogen-bond donors (Lipinski definition) is 0. The Morgan fingerprint density at radius 3 is 2.52 bits per heavy atom. The molecule has 5 heteroatoms. The van der Waals surface area contributed by atoms with Crippen molar-refractivity contribution in [3.05, 3.63) is 48.0 Å². The number of fused-ring (bicyclic) bond motifs is 3. The van der Waals surface area contributed by atoms with Crippen molar-refractivity contribution >= 4 is 12.9 Å². The van der Waals surface area contributed by atoms with E-state index in [9.17, 15) is 9.46 Å². The molecule has 1 aliphatic heterocycles. The third kappa shape index (κ3) is 3.18. The van der Waals surface area contributed by atoms with Crippen molar-refractivity contribution in [2.24, 2.45) is 0 Å². The van der Waals surface area contributed by atoms with Crippen molar-refractivity contribution in [1.29, 1.82) is 0 Å². The minimum Gasteiger partial charge on any atom is -0.765 e. The SMILES string of the molecule is O=P1([O-])Oc2ccccc2-c2ccc(C3CCCCC3)cc21.[Na+]. The summed E-state index contributed by atoms with van der Waals surface area (Å²) >= 11 is 0. The molecule has 1 fully saturated rings. The molecule has 0 amide bonds. The monoisotopic (exact) mass is 336 g/mol. The molecule has 2 aliphatic rings. The Balaban J connectivity index is 0.00000156. The van der Waals surface area contributed by atoms with Crippen LogP contribution in [0.15, 0.2) is 42.5 Å². The Kier molecular flexibility index (Phi) is 5.06. The van der Waals surface area contributed by atoms with Crippen LogP contribution in [0.4, 0.5) is 0 Å². The fraction of sp³-hybridized carbons (Fsp3) is 0.333. The molecule has 0 aromatic heterocycles.